The lowest BCUT2D eigenvalue weighted by Gasteiger charge is -2.32. The van der Waals surface area contributed by atoms with Gasteiger partial charge in [-0.15, -0.1) is 0 Å². The van der Waals surface area contributed by atoms with Crippen molar-refractivity contribution >= 4 is 17.6 Å². The van der Waals surface area contributed by atoms with E-state index in [1.807, 2.05) is 54.3 Å². The van der Waals surface area contributed by atoms with Crippen LogP contribution in [0.2, 0.25) is 0 Å². The van der Waals surface area contributed by atoms with Gasteiger partial charge in [0, 0.05) is 31.7 Å². The lowest BCUT2D eigenvalue weighted by molar-refractivity contribution is -0.121. The second kappa shape index (κ2) is 10.6. The number of aryl methyl sites for hydroxylation is 2. The predicted molar refractivity (Wildman–Crippen MR) is 117 cm³/mol. The van der Waals surface area contributed by atoms with Crippen LogP contribution in [0, 0.1) is 12.8 Å². The van der Waals surface area contributed by atoms with Crippen LogP contribution in [0.25, 0.3) is 0 Å². The van der Waals surface area contributed by atoms with Crippen LogP contribution >= 0.6 is 0 Å². The summed E-state index contributed by atoms with van der Waals surface area (Å²) in [5, 5.41) is 6.05. The average molecular weight is 394 g/mol. The summed E-state index contributed by atoms with van der Waals surface area (Å²) in [6.45, 7) is 4.25. The summed E-state index contributed by atoms with van der Waals surface area (Å²) in [5.74, 6) is 0.677. The minimum Gasteiger partial charge on any atom is -0.356 e. The first-order chi connectivity index (χ1) is 14.1. The van der Waals surface area contributed by atoms with Crippen LogP contribution < -0.4 is 10.6 Å². The molecule has 5 heteroatoms. The van der Waals surface area contributed by atoms with E-state index in [0.29, 0.717) is 18.9 Å². The minimum absolute atomic E-state index is 0.0213. The number of urea groups is 1. The van der Waals surface area contributed by atoms with Gasteiger partial charge in [-0.2, -0.15) is 0 Å². The Hall–Kier alpha value is -2.82. The summed E-state index contributed by atoms with van der Waals surface area (Å²) in [7, 11) is 0. The van der Waals surface area contributed by atoms with E-state index in [4.69, 9.17) is 0 Å². The van der Waals surface area contributed by atoms with Gasteiger partial charge in [0.2, 0.25) is 5.91 Å². The summed E-state index contributed by atoms with van der Waals surface area (Å²) in [5.41, 5.74) is 3.13. The standard InChI is InChI=1S/C24H31N3O2/c1-19-7-5-6-10-22(19)26-24(29)27-17-14-21(15-18-27)13-16-25-23(28)12-11-20-8-3-2-4-9-20/h2-10,21H,11-18H2,1H3,(H,25,28)(H,26,29). The molecule has 3 amide bonds. The topological polar surface area (TPSA) is 61.4 Å². The highest BCUT2D eigenvalue weighted by atomic mass is 16.2. The van der Waals surface area contributed by atoms with Gasteiger partial charge in [-0.3, -0.25) is 4.79 Å². The van der Waals surface area contributed by atoms with Gasteiger partial charge in [0.15, 0.2) is 0 Å². The van der Waals surface area contributed by atoms with Gasteiger partial charge >= 0.3 is 6.03 Å². The first kappa shape index (κ1) is 20.9. The van der Waals surface area contributed by atoms with Crippen molar-refractivity contribution in [2.45, 2.75) is 39.0 Å². The zero-order valence-corrected chi connectivity index (χ0v) is 17.2. The summed E-state index contributed by atoms with van der Waals surface area (Å²) in [6.07, 6.45) is 4.26. The molecule has 0 spiro atoms. The lowest BCUT2D eigenvalue weighted by atomic mass is 9.93. The van der Waals surface area contributed by atoms with E-state index in [0.717, 1.165) is 50.0 Å². The van der Waals surface area contributed by atoms with E-state index >= 15 is 0 Å². The summed E-state index contributed by atoms with van der Waals surface area (Å²) < 4.78 is 0. The van der Waals surface area contributed by atoms with Crippen molar-refractivity contribution in [2.24, 2.45) is 5.92 Å². The molecule has 0 unspecified atom stereocenters. The van der Waals surface area contributed by atoms with Crippen molar-refractivity contribution < 1.29 is 9.59 Å². The van der Waals surface area contributed by atoms with Crippen molar-refractivity contribution in [1.82, 2.24) is 10.2 Å². The maximum Gasteiger partial charge on any atom is 0.321 e. The molecular formula is C24H31N3O2. The van der Waals surface area contributed by atoms with Gasteiger partial charge in [0.05, 0.1) is 0 Å². The molecule has 5 nitrogen and oxygen atoms in total. The third-order valence-corrected chi connectivity index (χ3v) is 5.65. The number of hydrogen-bond donors (Lipinski definition) is 2. The SMILES string of the molecule is Cc1ccccc1NC(=O)N1CCC(CCNC(=O)CCc2ccccc2)CC1. The average Bonchev–Trinajstić information content (AvgIpc) is 2.75. The van der Waals surface area contributed by atoms with E-state index in [-0.39, 0.29) is 11.9 Å². The van der Waals surface area contributed by atoms with Gasteiger partial charge in [-0.05, 0) is 55.7 Å². The molecule has 3 rings (SSSR count). The van der Waals surface area contributed by atoms with E-state index < -0.39 is 0 Å². The molecule has 2 N–H and O–H groups in total. The molecule has 0 radical (unpaired) electrons. The van der Waals surface area contributed by atoms with Gasteiger partial charge in [-0.1, -0.05) is 48.5 Å². The summed E-state index contributed by atoms with van der Waals surface area (Å²) >= 11 is 0. The first-order valence-electron chi connectivity index (χ1n) is 10.5. The Bertz CT molecular complexity index is 799. The second-order valence-electron chi connectivity index (χ2n) is 7.80. The Kier molecular flexibility index (Phi) is 7.68. The minimum atomic E-state index is -0.0213. The molecule has 2 aromatic carbocycles. The fourth-order valence-electron chi connectivity index (χ4n) is 3.74. The van der Waals surface area contributed by atoms with Crippen LogP contribution in [0.4, 0.5) is 10.5 Å². The van der Waals surface area contributed by atoms with Crippen molar-refractivity contribution in [1.29, 1.82) is 0 Å². The van der Waals surface area contributed by atoms with Crippen molar-refractivity contribution in [3.8, 4) is 0 Å². The third-order valence-electron chi connectivity index (χ3n) is 5.65. The first-order valence-corrected chi connectivity index (χ1v) is 10.5. The Labute approximate surface area is 173 Å². The van der Waals surface area contributed by atoms with Crippen molar-refractivity contribution in [2.75, 3.05) is 25.0 Å². The molecule has 0 aromatic heterocycles. The number of carbonyl (C=O) groups excluding carboxylic acids is 2. The number of para-hydroxylation sites is 1. The number of carbonyl (C=O) groups is 2. The Morgan fingerprint density at radius 1 is 1.00 bits per heavy atom. The number of rotatable bonds is 7. The molecule has 29 heavy (non-hydrogen) atoms. The number of nitrogens with zero attached hydrogens (tertiary/aromatic N) is 1. The molecule has 1 fully saturated rings. The number of hydrogen-bond acceptors (Lipinski definition) is 2. The molecule has 0 bridgehead atoms. The fraction of sp³-hybridized carbons (Fsp3) is 0.417. The highest BCUT2D eigenvalue weighted by Crippen LogP contribution is 2.21. The fourth-order valence-corrected chi connectivity index (χ4v) is 3.74. The maximum absolute atomic E-state index is 12.5. The number of benzene rings is 2. The molecule has 154 valence electrons. The monoisotopic (exact) mass is 393 g/mol. The smallest absolute Gasteiger partial charge is 0.321 e. The maximum atomic E-state index is 12.5. The van der Waals surface area contributed by atoms with Crippen LogP contribution in [-0.4, -0.2) is 36.5 Å². The summed E-state index contributed by atoms with van der Waals surface area (Å²) in [6, 6.07) is 17.9. The Morgan fingerprint density at radius 3 is 2.41 bits per heavy atom. The van der Waals surface area contributed by atoms with Gasteiger partial charge in [0.1, 0.15) is 0 Å². The largest absolute Gasteiger partial charge is 0.356 e. The van der Waals surface area contributed by atoms with Crippen molar-refractivity contribution in [3.63, 3.8) is 0 Å². The number of anilines is 1. The normalized spacial score (nSPS) is 14.4. The number of piperidine rings is 1. The van der Waals surface area contributed by atoms with Crippen molar-refractivity contribution in [3.05, 3.63) is 65.7 Å². The van der Waals surface area contributed by atoms with E-state index in [1.54, 1.807) is 0 Å². The molecule has 1 heterocycles. The van der Waals surface area contributed by atoms with Crippen LogP contribution in [0.1, 0.15) is 36.8 Å². The van der Waals surface area contributed by atoms with E-state index in [9.17, 15) is 9.59 Å². The van der Waals surface area contributed by atoms with Gasteiger partial charge in [-0.25, -0.2) is 4.79 Å². The molecule has 0 aliphatic carbocycles. The molecule has 1 aliphatic heterocycles. The van der Waals surface area contributed by atoms with E-state index in [2.05, 4.69) is 22.8 Å². The molecular weight excluding hydrogens is 362 g/mol. The zero-order valence-electron chi connectivity index (χ0n) is 17.2. The second-order valence-corrected chi connectivity index (χ2v) is 7.80. The quantitative estimate of drug-likeness (QED) is 0.733. The predicted octanol–water partition coefficient (Wildman–Crippen LogP) is 4.38. The zero-order chi connectivity index (χ0) is 20.5. The van der Waals surface area contributed by atoms with Gasteiger partial charge in [0.25, 0.3) is 0 Å². The van der Waals surface area contributed by atoms with Crippen LogP contribution in [0.15, 0.2) is 54.6 Å². The molecule has 0 atom stereocenters. The highest BCUT2D eigenvalue weighted by molar-refractivity contribution is 5.90. The number of nitrogens with one attached hydrogen (secondary N) is 2. The van der Waals surface area contributed by atoms with Crippen LogP contribution in [-0.2, 0) is 11.2 Å². The molecule has 2 aromatic rings. The van der Waals surface area contributed by atoms with Crippen LogP contribution in [0.5, 0.6) is 0 Å². The lowest BCUT2D eigenvalue weighted by Crippen LogP contribution is -2.41. The molecule has 1 aliphatic rings. The summed E-state index contributed by atoms with van der Waals surface area (Å²) in [4.78, 5) is 26.4. The number of amides is 3. The number of likely N-dealkylation sites (tertiary alicyclic amines) is 1. The molecule has 1 saturated heterocycles. The van der Waals surface area contributed by atoms with Gasteiger partial charge < -0.3 is 15.5 Å². The highest BCUT2D eigenvalue weighted by Gasteiger charge is 2.23. The molecule has 0 saturated carbocycles. The Morgan fingerprint density at radius 2 is 1.69 bits per heavy atom. The van der Waals surface area contributed by atoms with E-state index in [1.165, 1.54) is 5.56 Å². The third kappa shape index (κ3) is 6.63. The van der Waals surface area contributed by atoms with Crippen LogP contribution in [0.3, 0.4) is 0 Å². The Balaban J connectivity index is 1.31.